The van der Waals surface area contributed by atoms with Crippen LogP contribution < -0.4 is 10.1 Å². The number of nitrogens with zero attached hydrogens (tertiary/aromatic N) is 1. The van der Waals surface area contributed by atoms with Crippen molar-refractivity contribution in [3.05, 3.63) is 45.8 Å². The number of methoxy groups -OCH3 is 1. The van der Waals surface area contributed by atoms with Crippen LogP contribution in [-0.4, -0.2) is 19.3 Å². The van der Waals surface area contributed by atoms with Gasteiger partial charge in [0.2, 0.25) is 0 Å². The first-order valence-electron chi connectivity index (χ1n) is 6.22. The van der Waals surface area contributed by atoms with Crippen molar-refractivity contribution >= 4 is 15.9 Å². The fraction of sp³-hybridized carbons (Fsp3) is 0.357. The number of rotatable bonds is 7. The molecule has 1 heterocycles. The SMILES string of the molecule is CNCc1ccc(OCc2cc(COC)on2)c(Br)c1. The van der Waals surface area contributed by atoms with E-state index in [9.17, 15) is 0 Å². The molecule has 0 fully saturated rings. The normalized spacial score (nSPS) is 10.8. The summed E-state index contributed by atoms with van der Waals surface area (Å²) < 4.78 is 16.7. The first-order valence-corrected chi connectivity index (χ1v) is 7.01. The molecule has 0 bridgehead atoms. The third-order valence-electron chi connectivity index (χ3n) is 2.65. The zero-order chi connectivity index (χ0) is 14.4. The van der Waals surface area contributed by atoms with E-state index in [4.69, 9.17) is 14.0 Å². The van der Waals surface area contributed by atoms with Crippen molar-refractivity contribution in [3.8, 4) is 5.75 Å². The van der Waals surface area contributed by atoms with Crippen LogP contribution in [0.4, 0.5) is 0 Å². The molecule has 1 aromatic carbocycles. The van der Waals surface area contributed by atoms with E-state index in [0.717, 1.165) is 22.5 Å². The highest BCUT2D eigenvalue weighted by molar-refractivity contribution is 9.10. The largest absolute Gasteiger partial charge is 0.486 e. The van der Waals surface area contributed by atoms with E-state index in [-0.39, 0.29) is 0 Å². The summed E-state index contributed by atoms with van der Waals surface area (Å²) in [6.07, 6.45) is 0. The lowest BCUT2D eigenvalue weighted by Gasteiger charge is -2.08. The molecule has 1 N–H and O–H groups in total. The lowest BCUT2D eigenvalue weighted by Crippen LogP contribution is -2.05. The van der Waals surface area contributed by atoms with Crippen molar-refractivity contribution in [3.63, 3.8) is 0 Å². The van der Waals surface area contributed by atoms with Crippen molar-refractivity contribution in [1.29, 1.82) is 0 Å². The molecule has 20 heavy (non-hydrogen) atoms. The zero-order valence-corrected chi connectivity index (χ0v) is 13.1. The average molecular weight is 341 g/mol. The minimum atomic E-state index is 0.358. The summed E-state index contributed by atoms with van der Waals surface area (Å²) in [6, 6.07) is 7.82. The molecule has 1 aromatic heterocycles. The van der Waals surface area contributed by atoms with Crippen molar-refractivity contribution < 1.29 is 14.0 Å². The maximum atomic E-state index is 5.72. The molecular weight excluding hydrogens is 324 g/mol. The van der Waals surface area contributed by atoms with Crippen molar-refractivity contribution in [2.24, 2.45) is 0 Å². The predicted molar refractivity (Wildman–Crippen MR) is 78.5 cm³/mol. The summed E-state index contributed by atoms with van der Waals surface area (Å²) in [5.41, 5.74) is 1.93. The average Bonchev–Trinajstić information content (AvgIpc) is 2.86. The molecule has 0 spiro atoms. The second-order valence-electron chi connectivity index (χ2n) is 4.30. The minimum absolute atomic E-state index is 0.358. The summed E-state index contributed by atoms with van der Waals surface area (Å²) in [5, 5.41) is 7.03. The summed E-state index contributed by atoms with van der Waals surface area (Å²) in [7, 11) is 3.53. The van der Waals surface area contributed by atoms with E-state index in [2.05, 4.69) is 26.4 Å². The van der Waals surface area contributed by atoms with Gasteiger partial charge in [-0.05, 0) is 40.7 Å². The van der Waals surface area contributed by atoms with Crippen LogP contribution in [-0.2, 0) is 24.5 Å². The Morgan fingerprint density at radius 3 is 2.85 bits per heavy atom. The number of hydrogen-bond donors (Lipinski definition) is 1. The number of nitrogens with one attached hydrogen (secondary N) is 1. The zero-order valence-electron chi connectivity index (χ0n) is 11.5. The Balaban J connectivity index is 1.95. The van der Waals surface area contributed by atoms with Gasteiger partial charge in [-0.3, -0.25) is 0 Å². The highest BCUT2D eigenvalue weighted by Gasteiger charge is 2.07. The first kappa shape index (κ1) is 15.0. The maximum Gasteiger partial charge on any atom is 0.162 e. The van der Waals surface area contributed by atoms with E-state index in [1.54, 1.807) is 7.11 Å². The second kappa shape index (κ2) is 7.42. The van der Waals surface area contributed by atoms with E-state index in [1.807, 2.05) is 31.3 Å². The first-order chi connectivity index (χ1) is 9.72. The smallest absolute Gasteiger partial charge is 0.162 e. The summed E-state index contributed by atoms with van der Waals surface area (Å²) in [4.78, 5) is 0. The summed E-state index contributed by atoms with van der Waals surface area (Å²) in [5.74, 6) is 1.47. The van der Waals surface area contributed by atoms with E-state index in [0.29, 0.717) is 19.0 Å². The lowest BCUT2D eigenvalue weighted by atomic mass is 10.2. The Morgan fingerprint density at radius 1 is 1.30 bits per heavy atom. The molecule has 0 aliphatic rings. The van der Waals surface area contributed by atoms with Crippen LogP contribution in [0.3, 0.4) is 0 Å². The van der Waals surface area contributed by atoms with Crippen LogP contribution in [0.5, 0.6) is 5.75 Å². The van der Waals surface area contributed by atoms with Gasteiger partial charge in [-0.15, -0.1) is 0 Å². The van der Waals surface area contributed by atoms with Gasteiger partial charge < -0.3 is 19.3 Å². The molecule has 0 atom stereocenters. The molecule has 0 radical (unpaired) electrons. The van der Waals surface area contributed by atoms with Gasteiger partial charge in [0.25, 0.3) is 0 Å². The molecule has 0 saturated heterocycles. The van der Waals surface area contributed by atoms with Gasteiger partial charge in [-0.1, -0.05) is 11.2 Å². The summed E-state index contributed by atoms with van der Waals surface area (Å²) in [6.45, 7) is 1.59. The fourth-order valence-corrected chi connectivity index (χ4v) is 2.30. The van der Waals surface area contributed by atoms with E-state index < -0.39 is 0 Å². The topological polar surface area (TPSA) is 56.5 Å². The maximum absolute atomic E-state index is 5.72. The number of benzene rings is 1. The van der Waals surface area contributed by atoms with Gasteiger partial charge in [-0.25, -0.2) is 0 Å². The Hall–Kier alpha value is -1.37. The lowest BCUT2D eigenvalue weighted by molar-refractivity contribution is 0.155. The molecule has 0 saturated carbocycles. The molecular formula is C14H17BrN2O3. The van der Waals surface area contributed by atoms with Crippen LogP contribution in [0.2, 0.25) is 0 Å². The molecule has 5 nitrogen and oxygen atoms in total. The van der Waals surface area contributed by atoms with Crippen molar-refractivity contribution in [2.45, 2.75) is 19.8 Å². The molecule has 2 aromatic rings. The Kier molecular flexibility index (Phi) is 5.58. The molecule has 108 valence electrons. The number of hydrogen-bond acceptors (Lipinski definition) is 5. The highest BCUT2D eigenvalue weighted by Crippen LogP contribution is 2.26. The quantitative estimate of drug-likeness (QED) is 0.839. The van der Waals surface area contributed by atoms with Crippen LogP contribution in [0, 0.1) is 0 Å². The standard InChI is InChI=1S/C14H17BrN2O3/c1-16-7-10-3-4-14(13(15)5-10)19-8-11-6-12(9-18-2)20-17-11/h3-6,16H,7-9H2,1-2H3. The Labute approximate surface area is 126 Å². The predicted octanol–water partition coefficient (Wildman–Crippen LogP) is 2.88. The summed E-state index contributed by atoms with van der Waals surface area (Å²) >= 11 is 3.50. The third kappa shape index (κ3) is 4.06. The molecule has 0 amide bonds. The second-order valence-corrected chi connectivity index (χ2v) is 5.16. The molecule has 6 heteroatoms. The van der Waals surface area contributed by atoms with E-state index in [1.165, 1.54) is 5.56 Å². The van der Waals surface area contributed by atoms with Gasteiger partial charge in [0.15, 0.2) is 5.76 Å². The monoisotopic (exact) mass is 340 g/mol. The molecule has 0 aliphatic heterocycles. The van der Waals surface area contributed by atoms with Crippen LogP contribution in [0.1, 0.15) is 17.0 Å². The Morgan fingerprint density at radius 2 is 2.15 bits per heavy atom. The van der Waals surface area contributed by atoms with Gasteiger partial charge in [0, 0.05) is 19.7 Å². The number of ether oxygens (including phenoxy) is 2. The fourth-order valence-electron chi connectivity index (χ4n) is 1.76. The molecule has 0 unspecified atom stereocenters. The van der Waals surface area contributed by atoms with Gasteiger partial charge in [0.1, 0.15) is 24.7 Å². The third-order valence-corrected chi connectivity index (χ3v) is 3.27. The van der Waals surface area contributed by atoms with Gasteiger partial charge in [0.05, 0.1) is 4.47 Å². The van der Waals surface area contributed by atoms with Crippen molar-refractivity contribution in [1.82, 2.24) is 10.5 Å². The number of halogens is 1. The number of aromatic nitrogens is 1. The minimum Gasteiger partial charge on any atom is -0.486 e. The molecule has 0 aliphatic carbocycles. The van der Waals surface area contributed by atoms with Crippen LogP contribution in [0.25, 0.3) is 0 Å². The Bertz CT molecular complexity index is 557. The van der Waals surface area contributed by atoms with E-state index >= 15 is 0 Å². The van der Waals surface area contributed by atoms with Crippen molar-refractivity contribution in [2.75, 3.05) is 14.2 Å². The van der Waals surface area contributed by atoms with Crippen LogP contribution in [0.15, 0.2) is 33.3 Å². The highest BCUT2D eigenvalue weighted by atomic mass is 79.9. The molecule has 2 rings (SSSR count). The van der Waals surface area contributed by atoms with Gasteiger partial charge >= 0.3 is 0 Å². The van der Waals surface area contributed by atoms with Gasteiger partial charge in [-0.2, -0.15) is 0 Å². The van der Waals surface area contributed by atoms with Crippen LogP contribution >= 0.6 is 15.9 Å².